The smallest absolute Gasteiger partial charge is 0.311 e. The molecule has 0 saturated carbocycles. The van der Waals surface area contributed by atoms with Crippen molar-refractivity contribution >= 4 is 11.9 Å². The number of aromatic hydroxyl groups is 2. The quantitative estimate of drug-likeness (QED) is 0.629. The van der Waals surface area contributed by atoms with Crippen molar-refractivity contribution in [2.45, 2.75) is 19.3 Å². The van der Waals surface area contributed by atoms with E-state index in [0.717, 1.165) is 0 Å². The van der Waals surface area contributed by atoms with E-state index in [1.54, 1.807) is 0 Å². The summed E-state index contributed by atoms with van der Waals surface area (Å²) >= 11 is 0. The molecule has 0 amide bonds. The Kier molecular flexibility index (Phi) is 5.57. The molecule has 0 aliphatic heterocycles. The summed E-state index contributed by atoms with van der Waals surface area (Å²) in [6.45, 7) is 0. The zero-order valence-corrected chi connectivity index (χ0v) is 12.3. The molecule has 0 atom stereocenters. The van der Waals surface area contributed by atoms with Crippen LogP contribution in [0.25, 0.3) is 0 Å². The molecular weight excluding hydrogens is 300 g/mol. The molecule has 0 spiro atoms. The maximum Gasteiger partial charge on any atom is 0.311 e. The van der Waals surface area contributed by atoms with E-state index >= 15 is 0 Å². The molecule has 0 radical (unpaired) electrons. The van der Waals surface area contributed by atoms with Crippen molar-refractivity contribution in [3.63, 3.8) is 0 Å². The lowest BCUT2D eigenvalue weighted by atomic mass is 10.2. The second kappa shape index (κ2) is 7.84. The third-order valence-corrected chi connectivity index (χ3v) is 2.90. The molecule has 2 aromatic carbocycles. The maximum atomic E-state index is 11.6. The van der Waals surface area contributed by atoms with Crippen molar-refractivity contribution in [3.8, 4) is 23.0 Å². The molecule has 2 rings (SSSR count). The van der Waals surface area contributed by atoms with Gasteiger partial charge in [0.25, 0.3) is 0 Å². The van der Waals surface area contributed by atoms with Crippen LogP contribution in [0.3, 0.4) is 0 Å². The molecule has 0 unspecified atom stereocenters. The normalized spacial score (nSPS) is 10.1. The number of esters is 2. The van der Waals surface area contributed by atoms with E-state index in [0.29, 0.717) is 17.9 Å². The van der Waals surface area contributed by atoms with Gasteiger partial charge in [0.05, 0.1) is 0 Å². The van der Waals surface area contributed by atoms with Gasteiger partial charge in [-0.05, 0) is 55.0 Å². The van der Waals surface area contributed by atoms with Crippen molar-refractivity contribution in [3.05, 3.63) is 48.5 Å². The van der Waals surface area contributed by atoms with Gasteiger partial charge in [0, 0.05) is 12.8 Å². The Balaban J connectivity index is 1.69. The minimum absolute atomic E-state index is 0.0750. The Labute approximate surface area is 132 Å². The van der Waals surface area contributed by atoms with Gasteiger partial charge < -0.3 is 19.7 Å². The maximum absolute atomic E-state index is 11.6. The first-order valence-corrected chi connectivity index (χ1v) is 7.02. The predicted octanol–water partition coefficient (Wildman–Crippen LogP) is 2.78. The SMILES string of the molecule is O=C(CCCC(=O)Oc1ccc(O)cc1)Oc1ccc(O)cc1. The standard InChI is InChI=1S/C17H16O6/c18-12-4-8-14(9-5-12)22-16(20)2-1-3-17(21)23-15-10-6-13(19)7-11-15/h4-11,18-19H,1-3H2. The van der Waals surface area contributed by atoms with Gasteiger partial charge in [0.1, 0.15) is 23.0 Å². The van der Waals surface area contributed by atoms with Crippen LogP contribution in [0.15, 0.2) is 48.5 Å². The minimum atomic E-state index is -0.465. The van der Waals surface area contributed by atoms with Crippen LogP contribution in [0.1, 0.15) is 19.3 Å². The Bertz CT molecular complexity index is 601. The van der Waals surface area contributed by atoms with Gasteiger partial charge in [0.15, 0.2) is 0 Å². The summed E-state index contributed by atoms with van der Waals surface area (Å²) in [5.41, 5.74) is 0. The number of phenols is 2. The fourth-order valence-corrected chi connectivity index (χ4v) is 1.77. The molecule has 2 aromatic rings. The monoisotopic (exact) mass is 316 g/mol. The summed E-state index contributed by atoms with van der Waals surface area (Å²) in [7, 11) is 0. The molecule has 0 heterocycles. The summed E-state index contributed by atoms with van der Waals surface area (Å²) in [5.74, 6) is -0.0938. The number of hydrogen-bond donors (Lipinski definition) is 2. The van der Waals surface area contributed by atoms with E-state index in [2.05, 4.69) is 0 Å². The van der Waals surface area contributed by atoms with Gasteiger partial charge in [0.2, 0.25) is 0 Å². The number of ether oxygens (including phenoxy) is 2. The third kappa shape index (κ3) is 5.70. The first-order chi connectivity index (χ1) is 11.0. The number of carbonyl (C=O) groups excluding carboxylic acids is 2. The first kappa shape index (κ1) is 16.4. The summed E-state index contributed by atoms with van der Waals surface area (Å²) in [5, 5.41) is 18.2. The zero-order valence-electron chi connectivity index (χ0n) is 12.3. The van der Waals surface area contributed by atoms with Gasteiger partial charge in [-0.1, -0.05) is 0 Å². The fraction of sp³-hybridized carbons (Fsp3) is 0.176. The summed E-state index contributed by atoms with van der Waals surface area (Å²) in [4.78, 5) is 23.2. The van der Waals surface area contributed by atoms with E-state index < -0.39 is 11.9 Å². The van der Waals surface area contributed by atoms with Gasteiger partial charge in [-0.25, -0.2) is 0 Å². The van der Waals surface area contributed by atoms with Crippen molar-refractivity contribution in [1.29, 1.82) is 0 Å². The summed E-state index contributed by atoms with van der Waals surface area (Å²) < 4.78 is 10.1. The van der Waals surface area contributed by atoms with E-state index in [9.17, 15) is 9.59 Å². The lowest BCUT2D eigenvalue weighted by Crippen LogP contribution is -2.11. The Morgan fingerprint density at radius 2 is 1.04 bits per heavy atom. The van der Waals surface area contributed by atoms with E-state index in [1.807, 2.05) is 0 Å². The van der Waals surface area contributed by atoms with Crippen LogP contribution < -0.4 is 9.47 Å². The average molecular weight is 316 g/mol. The van der Waals surface area contributed by atoms with Crippen molar-refractivity contribution in [2.24, 2.45) is 0 Å². The van der Waals surface area contributed by atoms with Crippen LogP contribution >= 0.6 is 0 Å². The van der Waals surface area contributed by atoms with Crippen LogP contribution in [0.5, 0.6) is 23.0 Å². The van der Waals surface area contributed by atoms with E-state index in [1.165, 1.54) is 48.5 Å². The number of hydrogen-bond acceptors (Lipinski definition) is 6. The average Bonchev–Trinajstić information content (AvgIpc) is 2.52. The number of benzene rings is 2. The van der Waals surface area contributed by atoms with Crippen LogP contribution in [0, 0.1) is 0 Å². The molecule has 2 N–H and O–H groups in total. The van der Waals surface area contributed by atoms with Gasteiger partial charge in [-0.3, -0.25) is 9.59 Å². The molecule has 6 heteroatoms. The van der Waals surface area contributed by atoms with E-state index in [4.69, 9.17) is 19.7 Å². The van der Waals surface area contributed by atoms with Crippen LogP contribution in [-0.2, 0) is 9.59 Å². The highest BCUT2D eigenvalue weighted by Gasteiger charge is 2.09. The molecule has 23 heavy (non-hydrogen) atoms. The van der Waals surface area contributed by atoms with Gasteiger partial charge in [-0.15, -0.1) is 0 Å². The van der Waals surface area contributed by atoms with Gasteiger partial charge >= 0.3 is 11.9 Å². The molecule has 0 aliphatic carbocycles. The Morgan fingerprint density at radius 1 is 0.696 bits per heavy atom. The number of phenolic OH excluding ortho intramolecular Hbond substituents is 2. The van der Waals surface area contributed by atoms with Crippen molar-refractivity contribution in [2.75, 3.05) is 0 Å². The van der Waals surface area contributed by atoms with Crippen LogP contribution in [0.2, 0.25) is 0 Å². The first-order valence-electron chi connectivity index (χ1n) is 7.02. The Hall–Kier alpha value is -3.02. The highest BCUT2D eigenvalue weighted by atomic mass is 16.5. The van der Waals surface area contributed by atoms with Crippen LogP contribution in [0.4, 0.5) is 0 Å². The topological polar surface area (TPSA) is 93.1 Å². The molecule has 0 bridgehead atoms. The Morgan fingerprint density at radius 3 is 1.39 bits per heavy atom. The molecule has 0 aliphatic rings. The molecular formula is C17H16O6. The van der Waals surface area contributed by atoms with Crippen molar-refractivity contribution < 1.29 is 29.3 Å². The fourth-order valence-electron chi connectivity index (χ4n) is 1.77. The molecule has 120 valence electrons. The second-order valence-corrected chi connectivity index (χ2v) is 4.79. The number of carbonyl (C=O) groups is 2. The summed E-state index contributed by atoms with van der Waals surface area (Å²) in [6, 6.07) is 11.6. The highest BCUT2D eigenvalue weighted by molar-refractivity contribution is 5.75. The van der Waals surface area contributed by atoms with Crippen LogP contribution in [-0.4, -0.2) is 22.2 Å². The molecule has 6 nitrogen and oxygen atoms in total. The van der Waals surface area contributed by atoms with Crippen molar-refractivity contribution in [1.82, 2.24) is 0 Å². The number of rotatable bonds is 6. The van der Waals surface area contributed by atoms with E-state index in [-0.39, 0.29) is 24.3 Å². The molecule has 0 fully saturated rings. The lowest BCUT2D eigenvalue weighted by molar-refractivity contribution is -0.136. The summed E-state index contributed by atoms with van der Waals surface area (Å²) in [6.07, 6.45) is 0.449. The third-order valence-electron chi connectivity index (χ3n) is 2.90. The molecule has 0 saturated heterocycles. The second-order valence-electron chi connectivity index (χ2n) is 4.79. The minimum Gasteiger partial charge on any atom is -0.508 e. The predicted molar refractivity (Wildman–Crippen MR) is 81.3 cm³/mol. The molecule has 0 aromatic heterocycles. The highest BCUT2D eigenvalue weighted by Crippen LogP contribution is 2.18. The van der Waals surface area contributed by atoms with Gasteiger partial charge in [-0.2, -0.15) is 0 Å². The zero-order chi connectivity index (χ0) is 16.7. The largest absolute Gasteiger partial charge is 0.508 e. The lowest BCUT2D eigenvalue weighted by Gasteiger charge is -2.05.